The van der Waals surface area contributed by atoms with Crippen LogP contribution in [0.4, 0.5) is 5.69 Å². The van der Waals surface area contributed by atoms with Crippen LogP contribution in [0.15, 0.2) is 72.5 Å². The summed E-state index contributed by atoms with van der Waals surface area (Å²) in [6.07, 6.45) is 8.71. The lowest BCUT2D eigenvalue weighted by molar-refractivity contribution is -0.146. The van der Waals surface area contributed by atoms with Crippen molar-refractivity contribution in [3.8, 4) is 0 Å². The van der Waals surface area contributed by atoms with Crippen molar-refractivity contribution in [3.63, 3.8) is 0 Å². The second-order valence-corrected chi connectivity index (χ2v) is 10.6. The predicted molar refractivity (Wildman–Crippen MR) is 147 cm³/mol. The largest absolute Gasteiger partial charge is 0.368 e. The van der Waals surface area contributed by atoms with Crippen molar-refractivity contribution in [2.75, 3.05) is 38.1 Å². The summed E-state index contributed by atoms with van der Waals surface area (Å²) in [5.74, 6) is -0.442. The molecule has 6 rings (SSSR count). The molecule has 2 amide bonds. The van der Waals surface area contributed by atoms with Gasteiger partial charge in [-0.3, -0.25) is 9.59 Å². The van der Waals surface area contributed by atoms with E-state index in [0.29, 0.717) is 19.5 Å². The Kier molecular flexibility index (Phi) is 5.90. The van der Waals surface area contributed by atoms with Crippen LogP contribution in [-0.2, 0) is 9.59 Å². The standard InChI is InChI=1S/C31H34N4O2/c1-20-12-13-21(2)27(18-20)34-14-16-35(17-15-34)31(37)28-23-9-4-5-10-24(23)30(36)33(3)29(28)25-19-32-26-11-7-6-8-22(25)26/h4-9,11-13,18-19,24,28-29,32H,10,14-17H2,1-3H3. The molecule has 2 aromatic carbocycles. The highest BCUT2D eigenvalue weighted by Gasteiger charge is 2.49. The number of nitrogens with one attached hydrogen (secondary N) is 1. The van der Waals surface area contributed by atoms with E-state index in [1.54, 1.807) is 0 Å². The monoisotopic (exact) mass is 494 g/mol. The highest BCUT2D eigenvalue weighted by molar-refractivity contribution is 5.94. The summed E-state index contributed by atoms with van der Waals surface area (Å²) < 4.78 is 0. The number of piperidine rings is 1. The maximum Gasteiger partial charge on any atom is 0.232 e. The number of likely N-dealkylation sites (tertiary alicyclic amines) is 1. The molecule has 0 saturated carbocycles. The Morgan fingerprint density at radius 1 is 1.03 bits per heavy atom. The van der Waals surface area contributed by atoms with Crippen LogP contribution in [0.2, 0.25) is 0 Å². The van der Waals surface area contributed by atoms with E-state index in [1.807, 2.05) is 59.5 Å². The lowest BCUT2D eigenvalue weighted by Crippen LogP contribution is -2.56. The Morgan fingerprint density at radius 3 is 2.62 bits per heavy atom. The van der Waals surface area contributed by atoms with Crippen molar-refractivity contribution < 1.29 is 9.59 Å². The molecule has 3 aromatic rings. The van der Waals surface area contributed by atoms with E-state index in [0.717, 1.165) is 35.1 Å². The number of allylic oxidation sites excluding steroid dienone is 3. The molecule has 3 heterocycles. The van der Waals surface area contributed by atoms with Gasteiger partial charge in [-0.2, -0.15) is 0 Å². The van der Waals surface area contributed by atoms with E-state index < -0.39 is 5.92 Å². The summed E-state index contributed by atoms with van der Waals surface area (Å²) in [6.45, 7) is 7.23. The molecule has 1 aliphatic carbocycles. The average molecular weight is 495 g/mol. The second-order valence-electron chi connectivity index (χ2n) is 10.6. The number of carbonyl (C=O) groups excluding carboxylic acids is 2. The number of para-hydroxylation sites is 1. The number of hydrogen-bond donors (Lipinski definition) is 1. The molecule has 6 heteroatoms. The average Bonchev–Trinajstić information content (AvgIpc) is 3.35. The lowest BCUT2D eigenvalue weighted by atomic mass is 9.72. The molecule has 2 saturated heterocycles. The first-order valence-corrected chi connectivity index (χ1v) is 13.2. The third-order valence-corrected chi connectivity index (χ3v) is 8.44. The Morgan fingerprint density at radius 2 is 1.81 bits per heavy atom. The molecule has 0 radical (unpaired) electrons. The molecule has 3 unspecified atom stereocenters. The molecule has 0 bridgehead atoms. The van der Waals surface area contributed by atoms with Crippen molar-refractivity contribution >= 4 is 28.4 Å². The molecule has 3 aliphatic rings. The first kappa shape index (κ1) is 23.6. The van der Waals surface area contributed by atoms with E-state index in [9.17, 15) is 9.59 Å². The maximum atomic E-state index is 14.4. The summed E-state index contributed by atoms with van der Waals surface area (Å²) in [5.41, 5.74) is 6.76. The van der Waals surface area contributed by atoms with Gasteiger partial charge in [-0.15, -0.1) is 0 Å². The molecule has 2 fully saturated rings. The molecule has 2 aliphatic heterocycles. The summed E-state index contributed by atoms with van der Waals surface area (Å²) >= 11 is 0. The zero-order valence-electron chi connectivity index (χ0n) is 21.8. The maximum absolute atomic E-state index is 14.4. The van der Waals surface area contributed by atoms with Gasteiger partial charge in [0.15, 0.2) is 0 Å². The van der Waals surface area contributed by atoms with Gasteiger partial charge in [0, 0.05) is 61.6 Å². The normalized spacial score (nSPS) is 23.9. The van der Waals surface area contributed by atoms with Crippen LogP contribution in [-0.4, -0.2) is 59.8 Å². The van der Waals surface area contributed by atoms with Crippen molar-refractivity contribution in [2.24, 2.45) is 11.8 Å². The van der Waals surface area contributed by atoms with Crippen molar-refractivity contribution in [3.05, 3.63) is 89.2 Å². The Labute approximate surface area is 218 Å². The molecule has 190 valence electrons. The van der Waals surface area contributed by atoms with Crippen LogP contribution in [0.3, 0.4) is 0 Å². The Hall–Kier alpha value is -3.80. The van der Waals surface area contributed by atoms with Gasteiger partial charge in [0.1, 0.15) is 0 Å². The summed E-state index contributed by atoms with van der Waals surface area (Å²) in [6, 6.07) is 14.3. The summed E-state index contributed by atoms with van der Waals surface area (Å²) in [5, 5.41) is 1.06. The number of benzene rings is 2. The molecule has 1 N–H and O–H groups in total. The fraction of sp³-hybridized carbons (Fsp3) is 0.355. The molecule has 3 atom stereocenters. The first-order chi connectivity index (χ1) is 17.9. The first-order valence-electron chi connectivity index (χ1n) is 13.2. The molecule has 0 spiro atoms. The van der Waals surface area contributed by atoms with E-state index >= 15 is 0 Å². The van der Waals surface area contributed by atoms with Crippen molar-refractivity contribution in [1.82, 2.24) is 14.8 Å². The molecule has 6 nitrogen and oxygen atoms in total. The Balaban J connectivity index is 1.33. The number of carbonyl (C=O) groups is 2. The van der Waals surface area contributed by atoms with Gasteiger partial charge in [-0.25, -0.2) is 0 Å². The summed E-state index contributed by atoms with van der Waals surface area (Å²) in [7, 11) is 1.86. The number of piperazine rings is 1. The molecule has 37 heavy (non-hydrogen) atoms. The number of rotatable bonds is 3. The highest BCUT2D eigenvalue weighted by atomic mass is 16.2. The van der Waals surface area contributed by atoms with Crippen molar-refractivity contribution in [2.45, 2.75) is 26.3 Å². The minimum atomic E-state index is -0.399. The number of aromatic amines is 1. The minimum Gasteiger partial charge on any atom is -0.368 e. The van der Waals surface area contributed by atoms with Crippen LogP contribution in [0, 0.1) is 25.7 Å². The zero-order valence-corrected chi connectivity index (χ0v) is 21.8. The third-order valence-electron chi connectivity index (χ3n) is 8.44. The number of hydrogen-bond acceptors (Lipinski definition) is 3. The van der Waals surface area contributed by atoms with Gasteiger partial charge in [0.2, 0.25) is 11.8 Å². The molecular formula is C31H34N4O2. The number of H-pyrrole nitrogens is 1. The topological polar surface area (TPSA) is 59.7 Å². The van der Waals surface area contributed by atoms with Gasteiger partial charge < -0.3 is 19.7 Å². The van der Waals surface area contributed by atoms with Gasteiger partial charge in [0.05, 0.1) is 17.9 Å². The molecule has 1 aromatic heterocycles. The van der Waals surface area contributed by atoms with Crippen LogP contribution >= 0.6 is 0 Å². The van der Waals surface area contributed by atoms with Crippen LogP contribution in [0.25, 0.3) is 10.9 Å². The quantitative estimate of drug-likeness (QED) is 0.571. The predicted octanol–water partition coefficient (Wildman–Crippen LogP) is 4.77. The Bertz CT molecular complexity index is 1430. The zero-order chi connectivity index (χ0) is 25.7. The van der Waals surface area contributed by atoms with E-state index in [2.05, 4.69) is 48.0 Å². The highest BCUT2D eigenvalue weighted by Crippen LogP contribution is 2.46. The second kappa shape index (κ2) is 9.25. The van der Waals surface area contributed by atoms with Crippen LogP contribution in [0.5, 0.6) is 0 Å². The number of nitrogens with zero attached hydrogens (tertiary/aromatic N) is 3. The fourth-order valence-corrected chi connectivity index (χ4v) is 6.43. The molecular weight excluding hydrogens is 460 g/mol. The number of fused-ring (bicyclic) bond motifs is 2. The van der Waals surface area contributed by atoms with E-state index in [4.69, 9.17) is 0 Å². The van der Waals surface area contributed by atoms with E-state index in [-0.39, 0.29) is 23.8 Å². The minimum absolute atomic E-state index is 0.0923. The van der Waals surface area contributed by atoms with Gasteiger partial charge in [-0.05, 0) is 49.1 Å². The van der Waals surface area contributed by atoms with E-state index in [1.165, 1.54) is 16.8 Å². The van der Waals surface area contributed by atoms with Gasteiger partial charge in [-0.1, -0.05) is 48.6 Å². The number of anilines is 1. The van der Waals surface area contributed by atoms with Crippen LogP contribution in [0.1, 0.15) is 29.2 Å². The number of aromatic nitrogens is 1. The summed E-state index contributed by atoms with van der Waals surface area (Å²) in [4.78, 5) is 37.5. The number of aryl methyl sites for hydroxylation is 2. The van der Waals surface area contributed by atoms with Crippen molar-refractivity contribution in [1.29, 1.82) is 0 Å². The smallest absolute Gasteiger partial charge is 0.232 e. The lowest BCUT2D eigenvalue weighted by Gasteiger charge is -2.46. The van der Waals surface area contributed by atoms with Gasteiger partial charge in [0.25, 0.3) is 0 Å². The van der Waals surface area contributed by atoms with Gasteiger partial charge >= 0.3 is 0 Å². The number of amides is 2. The third kappa shape index (κ3) is 3.95. The van der Waals surface area contributed by atoms with Crippen LogP contribution < -0.4 is 4.90 Å². The SMILES string of the molecule is Cc1ccc(C)c(N2CCN(C(=O)C3C4=CC=CCC4C(=O)N(C)C3c3c[nH]c4ccccc34)CC2)c1. The fourth-order valence-electron chi connectivity index (χ4n) is 6.43.